The Bertz CT molecular complexity index is 1770. The summed E-state index contributed by atoms with van der Waals surface area (Å²) < 4.78 is 44.4. The maximum absolute atomic E-state index is 6.67. The van der Waals surface area contributed by atoms with E-state index in [0.717, 1.165) is 42.1 Å². The van der Waals surface area contributed by atoms with Crippen LogP contribution >= 0.6 is 0 Å². The van der Waals surface area contributed by atoms with Gasteiger partial charge in [0.1, 0.15) is 13.2 Å². The second-order valence-electron chi connectivity index (χ2n) is 18.4. The Hall–Kier alpha value is -2.94. The van der Waals surface area contributed by atoms with E-state index < -0.39 is 0 Å². The molecule has 1 aliphatic heterocycles. The number of allylic oxidation sites excluding steroid dienone is 2. The summed E-state index contributed by atoms with van der Waals surface area (Å²) in [4.78, 5) is 0. The van der Waals surface area contributed by atoms with Gasteiger partial charge in [-0.2, -0.15) is 0 Å². The monoisotopic (exact) mass is 766 g/mol. The lowest BCUT2D eigenvalue weighted by molar-refractivity contribution is -0.207. The number of hydrogen-bond donors (Lipinski definition) is 0. The third-order valence-electron chi connectivity index (χ3n) is 14.8. The van der Waals surface area contributed by atoms with E-state index in [4.69, 9.17) is 33.2 Å². The lowest BCUT2D eigenvalue weighted by atomic mass is 9.34. The van der Waals surface area contributed by atoms with Crippen LogP contribution in [0.4, 0.5) is 0 Å². The van der Waals surface area contributed by atoms with E-state index in [2.05, 4.69) is 82.3 Å². The molecule has 6 aliphatic rings. The summed E-state index contributed by atoms with van der Waals surface area (Å²) >= 11 is 0. The van der Waals surface area contributed by atoms with E-state index in [0.29, 0.717) is 95.0 Å². The molecule has 8 atom stereocenters. The van der Waals surface area contributed by atoms with Gasteiger partial charge in [-0.15, -0.1) is 0 Å². The summed E-state index contributed by atoms with van der Waals surface area (Å²) in [6.07, 6.45) is 10.4. The Labute approximate surface area is 335 Å². The molecule has 3 saturated carbocycles. The van der Waals surface area contributed by atoms with Crippen molar-refractivity contribution in [1.82, 2.24) is 0 Å². The first-order valence-corrected chi connectivity index (χ1v) is 21.7. The fourth-order valence-electron chi connectivity index (χ4n) is 12.4. The predicted molar refractivity (Wildman–Crippen MR) is 221 cm³/mol. The summed E-state index contributed by atoms with van der Waals surface area (Å²) in [5.41, 5.74) is 3.47. The zero-order valence-corrected chi connectivity index (χ0v) is 34.5. The molecule has 5 aliphatic carbocycles. The molecule has 1 spiro atoms. The largest absolute Gasteiger partial charge is 0.487 e. The molecule has 7 heteroatoms. The number of ether oxygens (including phenoxy) is 7. The van der Waals surface area contributed by atoms with Crippen molar-refractivity contribution in [3.05, 3.63) is 83.9 Å². The smallest absolute Gasteiger partial charge is 0.161 e. The highest BCUT2D eigenvalue weighted by molar-refractivity contribution is 5.86. The molecule has 3 fully saturated rings. The fraction of sp³-hybridized carbons (Fsp3) is 0.633. The van der Waals surface area contributed by atoms with Gasteiger partial charge in [0.05, 0.1) is 66.1 Å². The van der Waals surface area contributed by atoms with Crippen molar-refractivity contribution < 1.29 is 33.2 Å². The van der Waals surface area contributed by atoms with Gasteiger partial charge in [-0.25, -0.2) is 0 Å². The summed E-state index contributed by atoms with van der Waals surface area (Å²) in [7, 11) is 0. The van der Waals surface area contributed by atoms with Crippen LogP contribution in [0.1, 0.15) is 71.8 Å². The van der Waals surface area contributed by atoms with Gasteiger partial charge in [-0.05, 0) is 112 Å². The van der Waals surface area contributed by atoms with Crippen LogP contribution in [0.3, 0.4) is 0 Å². The van der Waals surface area contributed by atoms with Crippen LogP contribution in [0.15, 0.2) is 78.4 Å². The van der Waals surface area contributed by atoms with E-state index in [1.165, 1.54) is 44.1 Å². The Balaban J connectivity index is 0.983. The summed E-state index contributed by atoms with van der Waals surface area (Å²) in [6.45, 7) is 17.2. The van der Waals surface area contributed by atoms with Crippen LogP contribution < -0.4 is 9.47 Å². The van der Waals surface area contributed by atoms with Gasteiger partial charge in [0.15, 0.2) is 11.5 Å². The van der Waals surface area contributed by atoms with Gasteiger partial charge in [-0.3, -0.25) is 0 Å². The van der Waals surface area contributed by atoms with Crippen molar-refractivity contribution in [3.8, 4) is 11.5 Å². The van der Waals surface area contributed by atoms with E-state index in [9.17, 15) is 0 Å². The molecule has 3 aromatic carbocycles. The van der Waals surface area contributed by atoms with Crippen molar-refractivity contribution in [2.45, 2.75) is 72.8 Å². The van der Waals surface area contributed by atoms with Crippen molar-refractivity contribution in [3.63, 3.8) is 0 Å². The second-order valence-corrected chi connectivity index (χ2v) is 18.4. The summed E-state index contributed by atoms with van der Waals surface area (Å²) in [5.74, 6) is 4.59. The van der Waals surface area contributed by atoms with E-state index in [1.807, 2.05) is 18.2 Å². The molecule has 0 radical (unpaired) electrons. The first-order valence-electron chi connectivity index (χ1n) is 21.7. The van der Waals surface area contributed by atoms with Crippen LogP contribution in [0, 0.1) is 51.8 Å². The number of fused-ring (bicyclic) bond motifs is 3. The number of rotatable bonds is 5. The van der Waals surface area contributed by atoms with Crippen LogP contribution in [-0.4, -0.2) is 72.7 Å². The highest BCUT2D eigenvalue weighted by atomic mass is 16.6. The Kier molecular flexibility index (Phi) is 12.5. The molecule has 0 aromatic heterocycles. The molecule has 7 nitrogen and oxygen atoms in total. The van der Waals surface area contributed by atoms with Gasteiger partial charge < -0.3 is 33.2 Å². The van der Waals surface area contributed by atoms with Crippen LogP contribution in [-0.2, 0) is 30.3 Å². The highest BCUT2D eigenvalue weighted by Gasteiger charge is 2.67. The molecule has 1 heterocycles. The lowest BCUT2D eigenvalue weighted by Gasteiger charge is -2.70. The minimum atomic E-state index is 0.105. The van der Waals surface area contributed by atoms with Crippen molar-refractivity contribution in [2.24, 2.45) is 51.8 Å². The molecule has 9 rings (SSSR count). The molecule has 304 valence electrons. The second kappa shape index (κ2) is 17.5. The van der Waals surface area contributed by atoms with Crippen molar-refractivity contribution in [2.75, 3.05) is 72.7 Å². The quantitative estimate of drug-likeness (QED) is 0.240. The predicted octanol–water partition coefficient (Wildman–Crippen LogP) is 9.95. The average molecular weight is 767 g/mol. The number of benzene rings is 3. The van der Waals surface area contributed by atoms with Gasteiger partial charge in [0.2, 0.25) is 0 Å². The number of hydrogen-bond acceptors (Lipinski definition) is 7. The van der Waals surface area contributed by atoms with E-state index in [-0.39, 0.29) is 16.2 Å². The minimum absolute atomic E-state index is 0.105. The average Bonchev–Trinajstić information content (AvgIpc) is 3.19. The van der Waals surface area contributed by atoms with Gasteiger partial charge in [-0.1, -0.05) is 100 Å². The Morgan fingerprint density at radius 1 is 0.696 bits per heavy atom. The molecule has 3 aromatic rings. The van der Waals surface area contributed by atoms with Crippen molar-refractivity contribution in [1.29, 1.82) is 0 Å². The zero-order valence-electron chi connectivity index (χ0n) is 34.5. The van der Waals surface area contributed by atoms with Crippen LogP contribution in [0.5, 0.6) is 11.5 Å². The van der Waals surface area contributed by atoms with E-state index >= 15 is 0 Å². The normalized spacial score (nSPS) is 34.5. The van der Waals surface area contributed by atoms with Crippen molar-refractivity contribution >= 4 is 10.8 Å². The third kappa shape index (κ3) is 8.05. The molecule has 0 saturated heterocycles. The molecule has 0 unspecified atom stereocenters. The first kappa shape index (κ1) is 39.9. The molecule has 2 bridgehead atoms. The standard InChI is InChI=1S/C49H66O7/c1-35(2)40-30-49-18-15-45-47(3,34-54-31-36-11-6-5-7-12-36)16-10-17-48(45,4)46(49)29-39(40)41-32-52-21-19-50-23-25-55-43-27-37-13-8-9-14-38(37)28-44(43)56-26-24-51-20-22-53-33-42(41)49/h5-9,11-14,27-28,30,35,39,41-42,45-46H,10,15-26,29,31-34H2,1-4H3/t39-,41-,42-,45+,46-,47+,48+,49+/m1/s1. The summed E-state index contributed by atoms with van der Waals surface area (Å²) in [6, 6.07) is 23.0. The molecular weight excluding hydrogens is 701 g/mol. The van der Waals surface area contributed by atoms with Gasteiger partial charge >= 0.3 is 0 Å². The third-order valence-corrected chi connectivity index (χ3v) is 14.8. The van der Waals surface area contributed by atoms with E-state index in [1.54, 1.807) is 5.57 Å². The fourth-order valence-corrected chi connectivity index (χ4v) is 12.4. The highest BCUT2D eigenvalue weighted by Crippen LogP contribution is 2.73. The lowest BCUT2D eigenvalue weighted by Crippen LogP contribution is -2.65. The van der Waals surface area contributed by atoms with Gasteiger partial charge in [0, 0.05) is 0 Å². The molecule has 56 heavy (non-hydrogen) atoms. The van der Waals surface area contributed by atoms with Gasteiger partial charge in [0.25, 0.3) is 0 Å². The Morgan fingerprint density at radius 3 is 2.00 bits per heavy atom. The molecular formula is C49H66O7. The van der Waals surface area contributed by atoms with Crippen LogP contribution in [0.2, 0.25) is 0 Å². The Morgan fingerprint density at radius 2 is 1.32 bits per heavy atom. The topological polar surface area (TPSA) is 64.6 Å². The minimum Gasteiger partial charge on any atom is -0.487 e. The SMILES string of the molecule is CC(C)C1=C[C@]23CC[C@H]4[C@](C)(COCc5ccccc5)CCC[C@]4(C)[C@H]2C[C@H]1[C@H]1COCCOCCOc2cc4ccccc4cc2OCCOCCOC[C@H]13. The molecule has 0 amide bonds. The zero-order chi connectivity index (χ0) is 38.6. The maximum Gasteiger partial charge on any atom is 0.161 e. The summed E-state index contributed by atoms with van der Waals surface area (Å²) in [5, 5.41) is 2.23. The molecule has 0 N–H and O–H groups in total. The maximum atomic E-state index is 6.67. The first-order chi connectivity index (χ1) is 27.3. The van der Waals surface area contributed by atoms with Crippen LogP contribution in [0.25, 0.3) is 10.8 Å².